The van der Waals surface area contributed by atoms with Crippen LogP contribution in [0.2, 0.25) is 5.28 Å². The third kappa shape index (κ3) is 4.23. The molecule has 0 atom stereocenters. The molecule has 0 fully saturated rings. The summed E-state index contributed by atoms with van der Waals surface area (Å²) in [5.74, 6) is -0.0808. The maximum absolute atomic E-state index is 12.0. The van der Waals surface area contributed by atoms with E-state index >= 15 is 0 Å². The number of anilines is 1. The van der Waals surface area contributed by atoms with Gasteiger partial charge in [-0.05, 0) is 35.9 Å². The lowest BCUT2D eigenvalue weighted by molar-refractivity contribution is -0.0498. The van der Waals surface area contributed by atoms with Crippen LogP contribution in [0, 0.1) is 0 Å². The monoisotopic (exact) mass is 335 g/mol. The van der Waals surface area contributed by atoms with E-state index in [-0.39, 0.29) is 21.6 Å². The Labute approximate surface area is 123 Å². The molecule has 1 N–H and O–H groups in total. The quantitative estimate of drug-likeness (QED) is 0.849. The van der Waals surface area contributed by atoms with E-state index in [4.69, 9.17) is 11.6 Å². The number of hydrogen-bond donors (Lipinski definition) is 1. The Kier molecular flexibility index (Phi) is 4.53. The molecule has 0 bridgehead atoms. The minimum absolute atomic E-state index is 0.0808. The number of rotatable bonds is 5. The number of ether oxygens (including phenoxy) is 1. The van der Waals surface area contributed by atoms with E-state index < -0.39 is 16.6 Å². The summed E-state index contributed by atoms with van der Waals surface area (Å²) in [7, 11) is -3.89. The van der Waals surface area contributed by atoms with Gasteiger partial charge in [0.15, 0.2) is 0 Å². The SMILES string of the molecule is O=S(=O)(Nc1ccc(OC(F)F)cc1)c1cnc(Cl)nc1. The highest BCUT2D eigenvalue weighted by atomic mass is 35.5. The lowest BCUT2D eigenvalue weighted by Crippen LogP contribution is -2.13. The minimum atomic E-state index is -3.89. The number of nitrogens with zero attached hydrogens (tertiary/aromatic N) is 2. The fourth-order valence-corrected chi connectivity index (χ4v) is 2.40. The van der Waals surface area contributed by atoms with Crippen LogP contribution in [-0.2, 0) is 10.0 Å². The van der Waals surface area contributed by atoms with Crippen LogP contribution in [0.1, 0.15) is 0 Å². The van der Waals surface area contributed by atoms with Crippen molar-refractivity contribution < 1.29 is 21.9 Å². The second-order valence-corrected chi connectivity index (χ2v) is 5.72. The fourth-order valence-electron chi connectivity index (χ4n) is 1.36. The topological polar surface area (TPSA) is 81.2 Å². The number of benzene rings is 1. The van der Waals surface area contributed by atoms with Crippen LogP contribution in [0.5, 0.6) is 5.75 Å². The number of aromatic nitrogens is 2. The van der Waals surface area contributed by atoms with Crippen molar-refractivity contribution in [3.05, 3.63) is 41.9 Å². The summed E-state index contributed by atoms with van der Waals surface area (Å²) in [6.45, 7) is -2.95. The highest BCUT2D eigenvalue weighted by Crippen LogP contribution is 2.20. The van der Waals surface area contributed by atoms with Gasteiger partial charge in [0.2, 0.25) is 5.28 Å². The molecule has 21 heavy (non-hydrogen) atoms. The smallest absolute Gasteiger partial charge is 0.387 e. The van der Waals surface area contributed by atoms with Gasteiger partial charge in [-0.25, -0.2) is 18.4 Å². The molecule has 0 saturated carbocycles. The first kappa shape index (κ1) is 15.4. The first-order valence-corrected chi connectivity index (χ1v) is 7.28. The molecule has 0 unspecified atom stereocenters. The van der Waals surface area contributed by atoms with Gasteiger partial charge < -0.3 is 4.74 Å². The van der Waals surface area contributed by atoms with Gasteiger partial charge in [-0.15, -0.1) is 0 Å². The van der Waals surface area contributed by atoms with E-state index in [2.05, 4.69) is 19.4 Å². The Balaban J connectivity index is 2.15. The van der Waals surface area contributed by atoms with E-state index in [1.807, 2.05) is 0 Å². The summed E-state index contributed by atoms with van der Waals surface area (Å²) in [6.07, 6.45) is 2.10. The molecule has 0 amide bonds. The molecule has 0 aliphatic carbocycles. The molecule has 0 spiro atoms. The largest absolute Gasteiger partial charge is 0.435 e. The predicted octanol–water partition coefficient (Wildman–Crippen LogP) is 2.53. The third-order valence-electron chi connectivity index (χ3n) is 2.24. The van der Waals surface area contributed by atoms with Crippen LogP contribution < -0.4 is 9.46 Å². The van der Waals surface area contributed by atoms with Crippen LogP contribution in [0.15, 0.2) is 41.6 Å². The molecule has 1 aromatic heterocycles. The van der Waals surface area contributed by atoms with Crippen LogP contribution in [0.25, 0.3) is 0 Å². The molecule has 2 aromatic rings. The molecule has 1 heterocycles. The molecule has 6 nitrogen and oxygen atoms in total. The minimum Gasteiger partial charge on any atom is -0.435 e. The summed E-state index contributed by atoms with van der Waals surface area (Å²) < 4.78 is 54.3. The normalized spacial score (nSPS) is 11.4. The third-order valence-corrected chi connectivity index (χ3v) is 3.77. The zero-order valence-corrected chi connectivity index (χ0v) is 11.8. The highest BCUT2D eigenvalue weighted by molar-refractivity contribution is 7.92. The van der Waals surface area contributed by atoms with Crippen molar-refractivity contribution >= 4 is 27.3 Å². The van der Waals surface area contributed by atoms with E-state index in [1.165, 1.54) is 24.3 Å². The molecule has 0 saturated heterocycles. The summed E-state index contributed by atoms with van der Waals surface area (Å²) in [5, 5.41) is -0.0811. The molecule has 1 aromatic carbocycles. The zero-order valence-electron chi connectivity index (χ0n) is 10.2. The van der Waals surface area contributed by atoms with Crippen molar-refractivity contribution in [2.24, 2.45) is 0 Å². The van der Waals surface area contributed by atoms with Crippen LogP contribution in [-0.4, -0.2) is 25.0 Å². The van der Waals surface area contributed by atoms with E-state index in [0.29, 0.717) is 0 Å². The van der Waals surface area contributed by atoms with Crippen LogP contribution in [0.4, 0.5) is 14.5 Å². The number of alkyl halides is 2. The summed E-state index contributed by atoms with van der Waals surface area (Å²) in [6, 6.07) is 4.99. The van der Waals surface area contributed by atoms with Crippen molar-refractivity contribution in [1.29, 1.82) is 0 Å². The van der Waals surface area contributed by atoms with E-state index in [1.54, 1.807) is 0 Å². The molecule has 0 aliphatic heterocycles. The van der Waals surface area contributed by atoms with Gasteiger partial charge in [0, 0.05) is 5.69 Å². The average Bonchev–Trinajstić information content (AvgIpc) is 2.40. The lowest BCUT2D eigenvalue weighted by Gasteiger charge is -2.09. The Bertz CT molecular complexity index is 708. The fraction of sp³-hybridized carbons (Fsp3) is 0.0909. The van der Waals surface area contributed by atoms with Crippen molar-refractivity contribution in [1.82, 2.24) is 9.97 Å². The van der Waals surface area contributed by atoms with Gasteiger partial charge in [-0.1, -0.05) is 0 Å². The Morgan fingerprint density at radius 1 is 1.14 bits per heavy atom. The summed E-state index contributed by atoms with van der Waals surface area (Å²) in [5.41, 5.74) is 0.173. The Morgan fingerprint density at radius 3 is 2.24 bits per heavy atom. The van der Waals surface area contributed by atoms with Crippen LogP contribution in [0.3, 0.4) is 0 Å². The average molecular weight is 336 g/mol. The number of sulfonamides is 1. The highest BCUT2D eigenvalue weighted by Gasteiger charge is 2.15. The molecular formula is C11H8ClF2N3O3S. The molecule has 2 rings (SSSR count). The van der Waals surface area contributed by atoms with Crippen molar-refractivity contribution in [3.8, 4) is 5.75 Å². The standard InChI is InChI=1S/C11H8ClF2N3O3S/c12-10-15-5-9(6-16-10)21(18,19)17-7-1-3-8(4-2-7)20-11(13)14/h1-6,11,17H. The predicted molar refractivity (Wildman–Crippen MR) is 70.9 cm³/mol. The zero-order chi connectivity index (χ0) is 15.5. The van der Waals surface area contributed by atoms with Gasteiger partial charge in [-0.2, -0.15) is 8.78 Å². The van der Waals surface area contributed by atoms with Gasteiger partial charge in [0.1, 0.15) is 10.6 Å². The molecule has 112 valence electrons. The first-order chi connectivity index (χ1) is 9.87. The number of hydrogen-bond acceptors (Lipinski definition) is 5. The lowest BCUT2D eigenvalue weighted by atomic mass is 10.3. The van der Waals surface area contributed by atoms with E-state index in [0.717, 1.165) is 12.4 Å². The van der Waals surface area contributed by atoms with Crippen LogP contribution >= 0.6 is 11.6 Å². The molecule has 0 radical (unpaired) electrons. The van der Waals surface area contributed by atoms with Gasteiger partial charge in [0.05, 0.1) is 12.4 Å². The summed E-state index contributed by atoms with van der Waals surface area (Å²) >= 11 is 5.47. The second kappa shape index (κ2) is 6.19. The first-order valence-electron chi connectivity index (χ1n) is 5.42. The van der Waals surface area contributed by atoms with Crippen molar-refractivity contribution in [2.45, 2.75) is 11.5 Å². The van der Waals surface area contributed by atoms with Crippen molar-refractivity contribution in [2.75, 3.05) is 4.72 Å². The number of nitrogens with one attached hydrogen (secondary N) is 1. The molecular weight excluding hydrogens is 328 g/mol. The van der Waals surface area contributed by atoms with Gasteiger partial charge in [-0.3, -0.25) is 4.72 Å². The molecule has 10 heteroatoms. The van der Waals surface area contributed by atoms with Gasteiger partial charge >= 0.3 is 6.61 Å². The van der Waals surface area contributed by atoms with Crippen molar-refractivity contribution in [3.63, 3.8) is 0 Å². The molecule has 0 aliphatic rings. The second-order valence-electron chi connectivity index (χ2n) is 3.70. The Morgan fingerprint density at radius 2 is 1.71 bits per heavy atom. The van der Waals surface area contributed by atoms with Gasteiger partial charge in [0.25, 0.3) is 10.0 Å². The number of halogens is 3. The maximum Gasteiger partial charge on any atom is 0.387 e. The Hall–Kier alpha value is -2.00. The maximum atomic E-state index is 12.0. The van der Waals surface area contributed by atoms with E-state index in [9.17, 15) is 17.2 Å². The summed E-state index contributed by atoms with van der Waals surface area (Å²) in [4.78, 5) is 6.95.